The second-order valence-electron chi connectivity index (χ2n) is 7.53. The molecule has 168 valence electrons. The van der Waals surface area contributed by atoms with E-state index in [1.807, 2.05) is 80.6 Å². The molecular formula is C26H29BrN2O3. The first-order valence-electron chi connectivity index (χ1n) is 11.0. The van der Waals surface area contributed by atoms with Crippen LogP contribution in [0, 0.1) is 0 Å². The Labute approximate surface area is 197 Å². The van der Waals surface area contributed by atoms with Crippen molar-refractivity contribution in [3.8, 4) is 5.75 Å². The van der Waals surface area contributed by atoms with Crippen molar-refractivity contribution in [1.82, 2.24) is 10.2 Å². The molecule has 3 aromatic rings. The van der Waals surface area contributed by atoms with Crippen LogP contribution in [0.25, 0.3) is 10.8 Å². The van der Waals surface area contributed by atoms with Crippen molar-refractivity contribution in [3.05, 3.63) is 76.8 Å². The highest BCUT2D eigenvalue weighted by atomic mass is 79.9. The number of carbonyl (C=O) groups is 2. The van der Waals surface area contributed by atoms with E-state index in [1.165, 1.54) is 0 Å². The van der Waals surface area contributed by atoms with Gasteiger partial charge in [-0.3, -0.25) is 9.59 Å². The number of fused-ring (bicyclic) bond motifs is 1. The van der Waals surface area contributed by atoms with Crippen molar-refractivity contribution in [2.45, 2.75) is 32.7 Å². The fourth-order valence-electron chi connectivity index (χ4n) is 3.74. The second-order valence-corrected chi connectivity index (χ2v) is 8.32. The highest BCUT2D eigenvalue weighted by Crippen LogP contribution is 2.33. The molecule has 0 saturated carbocycles. The van der Waals surface area contributed by atoms with Crippen molar-refractivity contribution in [1.29, 1.82) is 0 Å². The summed E-state index contributed by atoms with van der Waals surface area (Å²) in [5, 5.41) is 4.96. The first-order valence-corrected chi connectivity index (χ1v) is 11.8. The van der Waals surface area contributed by atoms with Crippen LogP contribution in [0.2, 0.25) is 0 Å². The number of likely N-dealkylation sites (N-methyl/N-ethyl adjacent to an activating group) is 1. The first kappa shape index (κ1) is 23.8. The van der Waals surface area contributed by atoms with E-state index < -0.39 is 6.04 Å². The van der Waals surface area contributed by atoms with E-state index in [9.17, 15) is 9.59 Å². The number of nitrogens with zero attached hydrogens (tertiary/aromatic N) is 1. The smallest absolute Gasteiger partial charge is 0.261 e. The molecule has 0 heterocycles. The molecule has 0 aliphatic carbocycles. The zero-order valence-corrected chi connectivity index (χ0v) is 20.1. The number of carbonyl (C=O) groups excluding carboxylic acids is 2. The van der Waals surface area contributed by atoms with Gasteiger partial charge in [-0.25, -0.2) is 0 Å². The van der Waals surface area contributed by atoms with E-state index in [0.29, 0.717) is 31.7 Å². The minimum atomic E-state index is -0.533. The predicted molar refractivity (Wildman–Crippen MR) is 132 cm³/mol. The third-order valence-corrected chi connectivity index (χ3v) is 6.22. The molecule has 1 N–H and O–H groups in total. The molecule has 0 saturated heterocycles. The number of hydrogen-bond donors (Lipinski definition) is 1. The number of amides is 2. The Balaban J connectivity index is 1.76. The molecule has 0 aliphatic rings. The highest BCUT2D eigenvalue weighted by Gasteiger charge is 2.28. The molecular weight excluding hydrogens is 468 g/mol. The van der Waals surface area contributed by atoms with Gasteiger partial charge in [-0.05, 0) is 58.1 Å². The molecule has 6 heteroatoms. The molecule has 0 spiro atoms. The van der Waals surface area contributed by atoms with Crippen molar-refractivity contribution in [2.75, 3.05) is 19.7 Å². The number of hydrogen-bond acceptors (Lipinski definition) is 3. The molecule has 0 bridgehead atoms. The van der Waals surface area contributed by atoms with Gasteiger partial charge < -0.3 is 15.0 Å². The largest absolute Gasteiger partial charge is 0.483 e. The van der Waals surface area contributed by atoms with Crippen LogP contribution in [0.3, 0.4) is 0 Å². The molecule has 3 rings (SSSR count). The molecule has 2 amide bonds. The van der Waals surface area contributed by atoms with Gasteiger partial charge in [0.05, 0.1) is 4.47 Å². The van der Waals surface area contributed by atoms with Crippen LogP contribution in [0.15, 0.2) is 71.2 Å². The van der Waals surface area contributed by atoms with E-state index in [2.05, 4.69) is 21.2 Å². The lowest BCUT2D eigenvalue weighted by Gasteiger charge is -2.30. The van der Waals surface area contributed by atoms with Crippen molar-refractivity contribution >= 4 is 38.5 Å². The van der Waals surface area contributed by atoms with Gasteiger partial charge in [-0.2, -0.15) is 0 Å². The van der Waals surface area contributed by atoms with E-state index in [4.69, 9.17) is 4.74 Å². The standard InChI is InChI=1S/C26H29BrN2O3/c1-3-22(26(31)28-4-2)29(17-16-19-10-6-5-7-11-19)24(30)18-32-23-15-14-20-12-8-9-13-21(20)25(23)27/h5-15,22H,3-4,16-18H2,1-2H3,(H,28,31)/t22-/m1/s1. The van der Waals surface area contributed by atoms with Crippen LogP contribution in [0.4, 0.5) is 0 Å². The average Bonchev–Trinajstić information content (AvgIpc) is 2.82. The first-order chi connectivity index (χ1) is 15.5. The Morgan fingerprint density at radius 3 is 2.44 bits per heavy atom. The number of rotatable bonds is 10. The molecule has 3 aromatic carbocycles. The normalized spacial score (nSPS) is 11.7. The minimum Gasteiger partial charge on any atom is -0.483 e. The SMILES string of the molecule is CCNC(=O)[C@@H](CC)N(CCc1ccccc1)C(=O)COc1ccc2ccccc2c1Br. The Morgan fingerprint density at radius 2 is 1.72 bits per heavy atom. The highest BCUT2D eigenvalue weighted by molar-refractivity contribution is 9.10. The molecule has 5 nitrogen and oxygen atoms in total. The van der Waals surface area contributed by atoms with Crippen LogP contribution in [-0.4, -0.2) is 42.5 Å². The van der Waals surface area contributed by atoms with Crippen molar-refractivity contribution < 1.29 is 14.3 Å². The lowest BCUT2D eigenvalue weighted by molar-refractivity contribution is -0.142. The maximum atomic E-state index is 13.2. The molecule has 0 aromatic heterocycles. The Bertz CT molecular complexity index is 1060. The van der Waals surface area contributed by atoms with Gasteiger partial charge in [-0.15, -0.1) is 0 Å². The maximum absolute atomic E-state index is 13.2. The van der Waals surface area contributed by atoms with Gasteiger partial charge in [0.2, 0.25) is 5.91 Å². The number of halogens is 1. The van der Waals surface area contributed by atoms with Crippen molar-refractivity contribution in [3.63, 3.8) is 0 Å². The fourth-order valence-corrected chi connectivity index (χ4v) is 4.34. The Hall–Kier alpha value is -2.86. The molecule has 0 fully saturated rings. The van der Waals surface area contributed by atoms with E-state index in [0.717, 1.165) is 20.8 Å². The summed E-state index contributed by atoms with van der Waals surface area (Å²) in [6.45, 7) is 4.63. The molecule has 32 heavy (non-hydrogen) atoms. The van der Waals surface area contributed by atoms with Gasteiger partial charge in [0.1, 0.15) is 11.8 Å². The van der Waals surface area contributed by atoms with Gasteiger partial charge >= 0.3 is 0 Å². The topological polar surface area (TPSA) is 58.6 Å². The summed E-state index contributed by atoms with van der Waals surface area (Å²) < 4.78 is 6.72. The third-order valence-electron chi connectivity index (χ3n) is 5.40. The van der Waals surface area contributed by atoms with Gasteiger partial charge in [0.25, 0.3) is 5.91 Å². The van der Waals surface area contributed by atoms with Crippen LogP contribution >= 0.6 is 15.9 Å². The van der Waals surface area contributed by atoms with Gasteiger partial charge in [-0.1, -0.05) is 67.6 Å². The Kier molecular flexibility index (Phi) is 8.68. The third kappa shape index (κ3) is 5.88. The summed E-state index contributed by atoms with van der Waals surface area (Å²) >= 11 is 3.60. The lowest BCUT2D eigenvalue weighted by atomic mass is 10.1. The molecule has 0 unspecified atom stereocenters. The fraction of sp³-hybridized carbons (Fsp3) is 0.308. The summed E-state index contributed by atoms with van der Waals surface area (Å²) in [6, 6.07) is 21.2. The van der Waals surface area contributed by atoms with E-state index in [-0.39, 0.29) is 18.4 Å². The monoisotopic (exact) mass is 496 g/mol. The summed E-state index contributed by atoms with van der Waals surface area (Å²) in [4.78, 5) is 27.5. The predicted octanol–water partition coefficient (Wildman–Crippen LogP) is 4.97. The van der Waals surface area contributed by atoms with E-state index in [1.54, 1.807) is 4.90 Å². The summed E-state index contributed by atoms with van der Waals surface area (Å²) in [6.07, 6.45) is 1.20. The molecule has 0 aliphatic heterocycles. The summed E-state index contributed by atoms with van der Waals surface area (Å²) in [5.74, 6) is 0.258. The second kappa shape index (κ2) is 11.7. The van der Waals surface area contributed by atoms with Crippen LogP contribution in [0.1, 0.15) is 25.8 Å². The summed E-state index contributed by atoms with van der Waals surface area (Å²) in [7, 11) is 0. The van der Waals surface area contributed by atoms with Crippen LogP contribution in [-0.2, 0) is 16.0 Å². The van der Waals surface area contributed by atoms with Crippen molar-refractivity contribution in [2.24, 2.45) is 0 Å². The quantitative estimate of drug-likeness (QED) is 0.431. The lowest BCUT2D eigenvalue weighted by Crippen LogP contribution is -2.51. The number of nitrogens with one attached hydrogen (secondary N) is 1. The Morgan fingerprint density at radius 1 is 1.00 bits per heavy atom. The van der Waals surface area contributed by atoms with Crippen LogP contribution < -0.4 is 10.1 Å². The van der Waals surface area contributed by atoms with E-state index >= 15 is 0 Å². The zero-order chi connectivity index (χ0) is 22.9. The molecule has 0 radical (unpaired) electrons. The summed E-state index contributed by atoms with van der Waals surface area (Å²) in [5.41, 5.74) is 1.12. The minimum absolute atomic E-state index is 0.136. The number of benzene rings is 3. The maximum Gasteiger partial charge on any atom is 0.261 e. The van der Waals surface area contributed by atoms with Crippen LogP contribution in [0.5, 0.6) is 5.75 Å². The zero-order valence-electron chi connectivity index (χ0n) is 18.5. The average molecular weight is 497 g/mol. The van der Waals surface area contributed by atoms with Gasteiger partial charge in [0.15, 0.2) is 6.61 Å². The number of ether oxygens (including phenoxy) is 1. The van der Waals surface area contributed by atoms with Gasteiger partial charge in [0, 0.05) is 13.1 Å². The molecule has 1 atom stereocenters.